The molecular weight excluding hydrogens is 526 g/mol. The molecule has 0 saturated carbocycles. The molecule has 37 heavy (non-hydrogen) atoms. The van der Waals surface area contributed by atoms with Crippen LogP contribution in [0.15, 0.2) is 60.8 Å². The Labute approximate surface area is 202 Å². The summed E-state index contributed by atoms with van der Waals surface area (Å²) in [5, 5.41) is 9.49. The Hall–Kier alpha value is -3.55. The highest BCUT2D eigenvalue weighted by Gasteiger charge is 2.40. The summed E-state index contributed by atoms with van der Waals surface area (Å²) in [5.41, 5.74) is -3.42. The normalized spacial score (nSPS) is 13.9. The van der Waals surface area contributed by atoms with E-state index in [9.17, 15) is 49.0 Å². The summed E-state index contributed by atoms with van der Waals surface area (Å²) >= 11 is 0. The lowest BCUT2D eigenvalue weighted by molar-refractivity contribution is -0.178. The third-order valence-corrected chi connectivity index (χ3v) is 4.92. The van der Waals surface area contributed by atoms with Gasteiger partial charge in [-0.3, -0.25) is 4.98 Å². The van der Waals surface area contributed by atoms with Gasteiger partial charge in [-0.25, -0.2) is 17.6 Å². The largest absolute Gasteiger partial charge is 0.457 e. The Morgan fingerprint density at radius 3 is 2.16 bits per heavy atom. The second kappa shape index (κ2) is 10.4. The first kappa shape index (κ1) is 28.0. The van der Waals surface area contributed by atoms with Crippen molar-refractivity contribution < 1.29 is 53.7 Å². The zero-order valence-corrected chi connectivity index (χ0v) is 18.3. The monoisotopic (exact) mass is 542 g/mol. The number of alkyl halides is 9. The molecule has 0 aliphatic rings. The van der Waals surface area contributed by atoms with Gasteiger partial charge in [0.15, 0.2) is 0 Å². The molecule has 3 aromatic rings. The van der Waals surface area contributed by atoms with Crippen molar-refractivity contribution in [3.63, 3.8) is 0 Å². The lowest BCUT2D eigenvalue weighted by atomic mass is 10.1. The number of halogens is 10. The molecule has 1 aromatic heterocycles. The van der Waals surface area contributed by atoms with Gasteiger partial charge in [-0.2, -0.15) is 26.3 Å². The van der Waals surface area contributed by atoms with Crippen molar-refractivity contribution in [1.82, 2.24) is 4.98 Å². The minimum absolute atomic E-state index is 0.189. The van der Waals surface area contributed by atoms with Crippen LogP contribution in [-0.2, 0) is 18.9 Å². The predicted molar refractivity (Wildman–Crippen MR) is 110 cm³/mol. The Bertz CT molecular complexity index is 1230. The first-order valence-electron chi connectivity index (χ1n) is 10.2. The smallest absolute Gasteiger partial charge is 0.433 e. The molecule has 0 saturated heterocycles. The molecular formula is C23H16F10N2O2. The highest BCUT2D eigenvalue weighted by molar-refractivity contribution is 5.52. The summed E-state index contributed by atoms with van der Waals surface area (Å²) in [6.07, 6.45) is -12.8. The van der Waals surface area contributed by atoms with Crippen molar-refractivity contribution >= 4 is 5.69 Å². The number of anilines is 1. The third kappa shape index (κ3) is 7.24. The second-order valence-corrected chi connectivity index (χ2v) is 7.75. The average Bonchev–Trinajstić information content (AvgIpc) is 2.79. The number of aliphatic hydroxyl groups is 1. The summed E-state index contributed by atoms with van der Waals surface area (Å²) in [7, 11) is 0. The van der Waals surface area contributed by atoms with Crippen molar-refractivity contribution in [3.05, 3.63) is 83.4 Å². The zero-order valence-electron chi connectivity index (χ0n) is 18.3. The SMILES string of the molecule is OC(F)(CN(Cc1cc(C(F)(F)F)ccc1F)c1cccc(Oc2ccnc(C(F)(F)F)c2)c1)C(F)F. The minimum Gasteiger partial charge on any atom is -0.457 e. The molecule has 0 bridgehead atoms. The number of rotatable bonds is 8. The zero-order chi connectivity index (χ0) is 27.6. The van der Waals surface area contributed by atoms with Crippen molar-refractivity contribution in [1.29, 1.82) is 0 Å². The molecule has 0 aliphatic heterocycles. The number of ether oxygens (including phenoxy) is 1. The molecule has 0 fully saturated rings. The maximum absolute atomic E-state index is 14.3. The van der Waals surface area contributed by atoms with Crippen LogP contribution in [0.5, 0.6) is 11.5 Å². The maximum Gasteiger partial charge on any atom is 0.433 e. The Morgan fingerprint density at radius 1 is 0.865 bits per heavy atom. The molecule has 3 rings (SSSR count). The van der Waals surface area contributed by atoms with Gasteiger partial charge in [0, 0.05) is 36.1 Å². The average molecular weight is 542 g/mol. The lowest BCUT2D eigenvalue weighted by Gasteiger charge is -2.30. The molecule has 1 unspecified atom stereocenters. The van der Waals surface area contributed by atoms with Crippen LogP contribution in [-0.4, -0.2) is 28.9 Å². The van der Waals surface area contributed by atoms with Gasteiger partial charge in [0.25, 0.3) is 12.3 Å². The van der Waals surface area contributed by atoms with Crippen molar-refractivity contribution in [3.8, 4) is 11.5 Å². The van der Waals surface area contributed by atoms with Crippen molar-refractivity contribution in [2.45, 2.75) is 31.2 Å². The molecule has 0 amide bonds. The lowest BCUT2D eigenvalue weighted by Crippen LogP contribution is -2.45. The van der Waals surface area contributed by atoms with E-state index in [1.807, 2.05) is 0 Å². The van der Waals surface area contributed by atoms with Crippen LogP contribution < -0.4 is 9.64 Å². The Kier molecular flexibility index (Phi) is 7.91. The molecule has 1 heterocycles. The highest BCUT2D eigenvalue weighted by Crippen LogP contribution is 2.34. The van der Waals surface area contributed by atoms with Crippen LogP contribution in [0.4, 0.5) is 49.6 Å². The number of benzene rings is 2. The van der Waals surface area contributed by atoms with Gasteiger partial charge in [-0.15, -0.1) is 0 Å². The van der Waals surface area contributed by atoms with Gasteiger partial charge in [0.05, 0.1) is 12.1 Å². The van der Waals surface area contributed by atoms with Crippen molar-refractivity contribution in [2.75, 3.05) is 11.4 Å². The van der Waals surface area contributed by atoms with E-state index < -0.39 is 60.4 Å². The second-order valence-electron chi connectivity index (χ2n) is 7.75. The van der Waals surface area contributed by atoms with Crippen LogP contribution >= 0.6 is 0 Å². The number of hydrogen-bond acceptors (Lipinski definition) is 4. The summed E-state index contributed by atoms with van der Waals surface area (Å²) in [5.74, 6) is -5.83. The van der Waals surface area contributed by atoms with Gasteiger partial charge < -0.3 is 14.7 Å². The summed E-state index contributed by atoms with van der Waals surface area (Å²) in [6.45, 7) is -2.40. The van der Waals surface area contributed by atoms with Gasteiger partial charge in [0.1, 0.15) is 23.0 Å². The number of pyridine rings is 1. The summed E-state index contributed by atoms with van der Waals surface area (Å²) in [6, 6.07) is 7.62. The van der Waals surface area contributed by atoms with Crippen LogP contribution in [0.25, 0.3) is 0 Å². The molecule has 0 radical (unpaired) electrons. The quantitative estimate of drug-likeness (QED) is 0.312. The number of nitrogens with zero attached hydrogens (tertiary/aromatic N) is 2. The van der Waals surface area contributed by atoms with Crippen LogP contribution in [0.2, 0.25) is 0 Å². The van der Waals surface area contributed by atoms with E-state index in [-0.39, 0.29) is 17.2 Å². The summed E-state index contributed by atoms with van der Waals surface area (Å²) < 4.78 is 138. The number of hydrogen-bond donors (Lipinski definition) is 1. The van der Waals surface area contributed by atoms with Crippen LogP contribution in [0, 0.1) is 5.82 Å². The van der Waals surface area contributed by atoms with Gasteiger partial charge in [-0.1, -0.05) is 6.07 Å². The topological polar surface area (TPSA) is 45.6 Å². The van der Waals surface area contributed by atoms with Crippen LogP contribution in [0.3, 0.4) is 0 Å². The molecule has 4 nitrogen and oxygen atoms in total. The maximum atomic E-state index is 14.3. The standard InChI is InChI=1S/C23H16F10N2O2/c24-18-5-4-14(22(28,29)30)8-13(18)11-35(12-21(27,36)20(25)26)15-2-1-3-16(9-15)37-17-6-7-34-19(10-17)23(31,32)33/h1-10,20,36H,11-12H2. The molecule has 0 aliphatic carbocycles. The molecule has 0 spiro atoms. The van der Waals surface area contributed by atoms with Crippen LogP contribution in [0.1, 0.15) is 16.8 Å². The molecule has 1 N–H and O–H groups in total. The Morgan fingerprint density at radius 2 is 1.54 bits per heavy atom. The van der Waals surface area contributed by atoms with E-state index in [0.29, 0.717) is 29.2 Å². The fourth-order valence-corrected chi connectivity index (χ4v) is 3.16. The molecule has 200 valence electrons. The van der Waals surface area contributed by atoms with E-state index in [2.05, 4.69) is 4.98 Å². The minimum atomic E-state index is -4.87. The predicted octanol–water partition coefficient (Wildman–Crippen LogP) is 6.98. The van der Waals surface area contributed by atoms with Gasteiger partial charge in [-0.05, 0) is 36.4 Å². The fraction of sp³-hybridized carbons (Fsp3) is 0.261. The first-order valence-corrected chi connectivity index (χ1v) is 10.2. The molecule has 14 heteroatoms. The van der Waals surface area contributed by atoms with E-state index in [1.165, 1.54) is 12.1 Å². The molecule has 1 atom stereocenters. The Balaban J connectivity index is 1.97. The first-order chi connectivity index (χ1) is 17.1. The highest BCUT2D eigenvalue weighted by atomic mass is 19.4. The number of aromatic nitrogens is 1. The van der Waals surface area contributed by atoms with Gasteiger partial charge >= 0.3 is 12.4 Å². The van der Waals surface area contributed by atoms with Crippen molar-refractivity contribution in [2.24, 2.45) is 0 Å². The third-order valence-electron chi connectivity index (χ3n) is 4.92. The van der Waals surface area contributed by atoms with Gasteiger partial charge in [0.2, 0.25) is 0 Å². The van der Waals surface area contributed by atoms with E-state index in [0.717, 1.165) is 24.4 Å². The summed E-state index contributed by atoms with van der Waals surface area (Å²) in [4.78, 5) is 3.80. The van der Waals surface area contributed by atoms with E-state index in [1.54, 1.807) is 0 Å². The van der Waals surface area contributed by atoms with E-state index in [4.69, 9.17) is 4.74 Å². The fourth-order valence-electron chi connectivity index (χ4n) is 3.16. The van der Waals surface area contributed by atoms with E-state index >= 15 is 0 Å². The molecule has 2 aromatic carbocycles.